The molecule has 1 saturated heterocycles. The summed E-state index contributed by atoms with van der Waals surface area (Å²) in [5, 5.41) is 0. The molecular weight excluding hydrogens is 192 g/mol. The van der Waals surface area contributed by atoms with Crippen molar-refractivity contribution < 1.29 is 9.53 Å². The van der Waals surface area contributed by atoms with Crippen LogP contribution in [0.25, 0.3) is 0 Å². The van der Waals surface area contributed by atoms with Gasteiger partial charge < -0.3 is 14.5 Å². The number of rotatable bonds is 4. The zero-order chi connectivity index (χ0) is 11.3. The van der Waals surface area contributed by atoms with Crippen molar-refractivity contribution in [1.82, 2.24) is 9.80 Å². The van der Waals surface area contributed by atoms with Gasteiger partial charge in [-0.05, 0) is 33.0 Å². The van der Waals surface area contributed by atoms with E-state index in [1.807, 2.05) is 4.90 Å². The Morgan fingerprint density at radius 3 is 2.53 bits per heavy atom. The molecule has 0 saturated carbocycles. The van der Waals surface area contributed by atoms with Gasteiger partial charge in [-0.25, -0.2) is 0 Å². The van der Waals surface area contributed by atoms with Gasteiger partial charge in [0.05, 0.1) is 6.61 Å². The van der Waals surface area contributed by atoms with E-state index in [9.17, 15) is 4.79 Å². The van der Waals surface area contributed by atoms with Gasteiger partial charge in [0.1, 0.15) is 0 Å². The van der Waals surface area contributed by atoms with Crippen LogP contribution in [0.4, 0.5) is 0 Å². The molecule has 88 valence electrons. The number of amides is 1. The van der Waals surface area contributed by atoms with Crippen LogP contribution in [-0.2, 0) is 9.53 Å². The van der Waals surface area contributed by atoms with E-state index in [0.717, 1.165) is 32.5 Å². The molecule has 1 aliphatic heterocycles. The van der Waals surface area contributed by atoms with Crippen molar-refractivity contribution in [3.05, 3.63) is 0 Å². The average Bonchev–Trinajstić information content (AvgIpc) is 2.21. The summed E-state index contributed by atoms with van der Waals surface area (Å²) >= 11 is 0. The smallest absolute Gasteiger partial charge is 0.219 e. The highest BCUT2D eigenvalue weighted by molar-refractivity contribution is 5.73. The molecule has 4 heteroatoms. The molecule has 0 aromatic rings. The predicted molar refractivity (Wildman–Crippen MR) is 59.8 cm³/mol. The number of likely N-dealkylation sites (tertiary alicyclic amines) is 1. The van der Waals surface area contributed by atoms with E-state index in [-0.39, 0.29) is 5.91 Å². The molecule has 15 heavy (non-hydrogen) atoms. The van der Waals surface area contributed by atoms with Crippen LogP contribution in [-0.4, -0.2) is 62.1 Å². The quantitative estimate of drug-likeness (QED) is 0.686. The second-order valence-electron chi connectivity index (χ2n) is 4.24. The first-order valence-electron chi connectivity index (χ1n) is 5.60. The minimum Gasteiger partial charge on any atom is -0.383 e. The van der Waals surface area contributed by atoms with Crippen molar-refractivity contribution in [2.75, 3.05) is 40.4 Å². The van der Waals surface area contributed by atoms with Gasteiger partial charge in [-0.1, -0.05) is 0 Å². The molecule has 4 nitrogen and oxygen atoms in total. The van der Waals surface area contributed by atoms with Crippen molar-refractivity contribution >= 4 is 5.91 Å². The highest BCUT2D eigenvalue weighted by Gasteiger charge is 2.24. The summed E-state index contributed by atoms with van der Waals surface area (Å²) < 4.78 is 5.03. The molecule has 0 aliphatic carbocycles. The third kappa shape index (κ3) is 3.80. The van der Waals surface area contributed by atoms with Crippen molar-refractivity contribution in [2.45, 2.75) is 25.8 Å². The Bertz CT molecular complexity index is 201. The third-order valence-corrected chi connectivity index (χ3v) is 3.07. The van der Waals surface area contributed by atoms with Gasteiger partial charge >= 0.3 is 0 Å². The van der Waals surface area contributed by atoms with Gasteiger partial charge in [-0.2, -0.15) is 0 Å². The van der Waals surface area contributed by atoms with E-state index in [2.05, 4.69) is 11.9 Å². The molecule has 0 unspecified atom stereocenters. The molecule has 0 atom stereocenters. The number of hydrogen-bond acceptors (Lipinski definition) is 3. The van der Waals surface area contributed by atoms with Gasteiger partial charge in [0.15, 0.2) is 0 Å². The second kappa shape index (κ2) is 6.08. The van der Waals surface area contributed by atoms with Crippen molar-refractivity contribution in [3.63, 3.8) is 0 Å². The Morgan fingerprint density at radius 2 is 2.07 bits per heavy atom. The first kappa shape index (κ1) is 12.5. The molecule has 0 aromatic carbocycles. The molecule has 1 rings (SSSR count). The zero-order valence-electron chi connectivity index (χ0n) is 10.0. The fourth-order valence-electron chi connectivity index (χ4n) is 2.09. The monoisotopic (exact) mass is 214 g/mol. The number of ether oxygens (including phenoxy) is 1. The van der Waals surface area contributed by atoms with Crippen LogP contribution in [0.2, 0.25) is 0 Å². The number of hydrogen-bond donors (Lipinski definition) is 0. The summed E-state index contributed by atoms with van der Waals surface area (Å²) in [6.07, 6.45) is 2.17. The van der Waals surface area contributed by atoms with E-state index < -0.39 is 0 Å². The summed E-state index contributed by atoms with van der Waals surface area (Å²) in [6, 6.07) is 0.411. The van der Waals surface area contributed by atoms with Gasteiger partial charge in [0.25, 0.3) is 0 Å². The molecule has 1 amide bonds. The van der Waals surface area contributed by atoms with Crippen LogP contribution >= 0.6 is 0 Å². The maximum absolute atomic E-state index is 11.5. The van der Waals surface area contributed by atoms with Crippen LogP contribution in [0, 0.1) is 0 Å². The van der Waals surface area contributed by atoms with E-state index >= 15 is 0 Å². The number of carbonyl (C=O) groups excluding carboxylic acids is 1. The van der Waals surface area contributed by atoms with E-state index in [0.29, 0.717) is 12.6 Å². The van der Waals surface area contributed by atoms with Crippen LogP contribution in [0.5, 0.6) is 0 Å². The largest absolute Gasteiger partial charge is 0.383 e. The number of nitrogens with zero attached hydrogens (tertiary/aromatic N) is 2. The van der Waals surface area contributed by atoms with Crippen LogP contribution in [0.15, 0.2) is 0 Å². The van der Waals surface area contributed by atoms with E-state index in [4.69, 9.17) is 4.74 Å². The minimum absolute atomic E-state index is 0.168. The van der Waals surface area contributed by atoms with Gasteiger partial charge in [0.2, 0.25) is 5.91 Å². The maximum Gasteiger partial charge on any atom is 0.219 e. The molecule has 1 aliphatic rings. The summed E-state index contributed by atoms with van der Waals surface area (Å²) in [7, 11) is 3.80. The first-order valence-corrected chi connectivity index (χ1v) is 5.60. The highest BCUT2D eigenvalue weighted by atomic mass is 16.5. The molecule has 0 bridgehead atoms. The fourth-order valence-corrected chi connectivity index (χ4v) is 2.09. The standard InChI is InChI=1S/C11H22N2O2/c1-10(14)13(8-9-15-3)11-4-6-12(2)7-5-11/h11H,4-9H2,1-3H3. The maximum atomic E-state index is 11.5. The summed E-state index contributed by atoms with van der Waals surface area (Å²) in [5.74, 6) is 0.168. The summed E-state index contributed by atoms with van der Waals surface area (Å²) in [6.45, 7) is 5.17. The van der Waals surface area contributed by atoms with Crippen molar-refractivity contribution in [3.8, 4) is 0 Å². The lowest BCUT2D eigenvalue weighted by atomic mass is 10.0. The molecule has 0 aromatic heterocycles. The number of methoxy groups -OCH3 is 1. The number of piperidine rings is 1. The summed E-state index contributed by atoms with van der Waals surface area (Å²) in [5.41, 5.74) is 0. The van der Waals surface area contributed by atoms with E-state index in [1.54, 1.807) is 14.0 Å². The predicted octanol–water partition coefficient (Wildman–Crippen LogP) is 0.575. The Hall–Kier alpha value is -0.610. The topological polar surface area (TPSA) is 32.8 Å². The van der Waals surface area contributed by atoms with Gasteiger partial charge in [0, 0.05) is 26.6 Å². The number of carbonyl (C=O) groups is 1. The van der Waals surface area contributed by atoms with Gasteiger partial charge in [-0.3, -0.25) is 4.79 Å². The van der Waals surface area contributed by atoms with Crippen LogP contribution in [0.1, 0.15) is 19.8 Å². The molecule has 1 fully saturated rings. The molecular formula is C11H22N2O2. The highest BCUT2D eigenvalue weighted by Crippen LogP contribution is 2.15. The zero-order valence-corrected chi connectivity index (χ0v) is 10.0. The normalized spacial score (nSPS) is 19.1. The lowest BCUT2D eigenvalue weighted by molar-refractivity contribution is -0.132. The van der Waals surface area contributed by atoms with Gasteiger partial charge in [-0.15, -0.1) is 0 Å². The second-order valence-corrected chi connectivity index (χ2v) is 4.24. The van der Waals surface area contributed by atoms with E-state index in [1.165, 1.54) is 0 Å². The molecule has 0 radical (unpaired) electrons. The summed E-state index contributed by atoms with van der Waals surface area (Å²) in [4.78, 5) is 15.8. The fraction of sp³-hybridized carbons (Fsp3) is 0.909. The minimum atomic E-state index is 0.168. The first-order chi connectivity index (χ1) is 7.15. The Kier molecular flexibility index (Phi) is 5.05. The lowest BCUT2D eigenvalue weighted by Crippen LogP contribution is -2.46. The third-order valence-electron chi connectivity index (χ3n) is 3.07. The SMILES string of the molecule is COCCN(C(C)=O)C1CCN(C)CC1. The van der Waals surface area contributed by atoms with Crippen molar-refractivity contribution in [2.24, 2.45) is 0 Å². The Morgan fingerprint density at radius 1 is 1.47 bits per heavy atom. The molecule has 0 spiro atoms. The Labute approximate surface area is 92.2 Å². The molecule has 1 heterocycles. The van der Waals surface area contributed by atoms with Crippen molar-refractivity contribution in [1.29, 1.82) is 0 Å². The lowest BCUT2D eigenvalue weighted by Gasteiger charge is -2.36. The Balaban J connectivity index is 2.44. The molecule has 0 N–H and O–H groups in total. The van der Waals surface area contributed by atoms with Crippen LogP contribution in [0.3, 0.4) is 0 Å². The average molecular weight is 214 g/mol. The van der Waals surface area contributed by atoms with Crippen LogP contribution < -0.4 is 0 Å².